The lowest BCUT2D eigenvalue weighted by atomic mass is 10.1. The highest BCUT2D eigenvalue weighted by molar-refractivity contribution is 9.10. The zero-order valence-electron chi connectivity index (χ0n) is 10.7. The summed E-state index contributed by atoms with van der Waals surface area (Å²) in [6.07, 6.45) is 5.12. The second-order valence-electron chi connectivity index (χ2n) is 4.83. The fourth-order valence-electron chi connectivity index (χ4n) is 2.31. The van der Waals surface area contributed by atoms with Crippen molar-refractivity contribution >= 4 is 38.9 Å². The SMILES string of the molecule is CC1CCCCCN1C(=S)Nc1ccc(Br)cc1. The summed E-state index contributed by atoms with van der Waals surface area (Å²) in [4.78, 5) is 2.32. The Hall–Kier alpha value is -0.610. The van der Waals surface area contributed by atoms with E-state index in [2.05, 4.69) is 33.1 Å². The van der Waals surface area contributed by atoms with E-state index in [9.17, 15) is 0 Å². The molecule has 98 valence electrons. The molecule has 1 atom stereocenters. The van der Waals surface area contributed by atoms with E-state index in [-0.39, 0.29) is 0 Å². The van der Waals surface area contributed by atoms with Crippen molar-refractivity contribution in [2.45, 2.75) is 38.6 Å². The van der Waals surface area contributed by atoms with Crippen molar-refractivity contribution in [1.82, 2.24) is 4.90 Å². The van der Waals surface area contributed by atoms with E-state index in [1.165, 1.54) is 25.7 Å². The van der Waals surface area contributed by atoms with Gasteiger partial charge in [0, 0.05) is 22.7 Å². The number of anilines is 1. The zero-order chi connectivity index (χ0) is 13.0. The second-order valence-corrected chi connectivity index (χ2v) is 6.13. The van der Waals surface area contributed by atoms with Crippen molar-refractivity contribution in [2.75, 3.05) is 11.9 Å². The highest BCUT2D eigenvalue weighted by Crippen LogP contribution is 2.19. The summed E-state index contributed by atoms with van der Waals surface area (Å²) in [6.45, 7) is 3.34. The minimum Gasteiger partial charge on any atom is -0.346 e. The van der Waals surface area contributed by atoms with Gasteiger partial charge >= 0.3 is 0 Å². The van der Waals surface area contributed by atoms with Crippen molar-refractivity contribution in [3.8, 4) is 0 Å². The zero-order valence-corrected chi connectivity index (χ0v) is 13.1. The summed E-state index contributed by atoms with van der Waals surface area (Å²) >= 11 is 8.97. The molecule has 1 aliphatic rings. The van der Waals surface area contributed by atoms with Gasteiger partial charge in [-0.05, 0) is 56.2 Å². The fraction of sp³-hybridized carbons (Fsp3) is 0.500. The Morgan fingerprint density at radius 3 is 2.72 bits per heavy atom. The number of hydrogen-bond acceptors (Lipinski definition) is 1. The van der Waals surface area contributed by atoms with E-state index < -0.39 is 0 Å². The first kappa shape index (κ1) is 13.8. The van der Waals surface area contributed by atoms with Crippen molar-refractivity contribution in [3.05, 3.63) is 28.7 Å². The Kier molecular flexibility index (Phi) is 5.01. The van der Waals surface area contributed by atoms with Crippen LogP contribution in [0, 0.1) is 0 Å². The van der Waals surface area contributed by atoms with E-state index >= 15 is 0 Å². The minimum absolute atomic E-state index is 0.544. The van der Waals surface area contributed by atoms with Gasteiger partial charge in [-0.15, -0.1) is 0 Å². The van der Waals surface area contributed by atoms with Gasteiger partial charge in [0.25, 0.3) is 0 Å². The molecule has 1 aromatic carbocycles. The van der Waals surface area contributed by atoms with Gasteiger partial charge in [-0.25, -0.2) is 0 Å². The lowest BCUT2D eigenvalue weighted by Crippen LogP contribution is -2.40. The first-order valence-electron chi connectivity index (χ1n) is 6.50. The molecule has 0 aliphatic carbocycles. The maximum atomic E-state index is 5.53. The van der Waals surface area contributed by atoms with E-state index in [0.717, 1.165) is 21.8 Å². The largest absolute Gasteiger partial charge is 0.346 e. The number of nitrogens with zero attached hydrogens (tertiary/aromatic N) is 1. The Bertz CT molecular complexity index is 405. The quantitative estimate of drug-likeness (QED) is 0.769. The third-order valence-corrected chi connectivity index (χ3v) is 4.27. The summed E-state index contributed by atoms with van der Waals surface area (Å²) < 4.78 is 1.09. The minimum atomic E-state index is 0.544. The molecule has 1 saturated heterocycles. The number of benzene rings is 1. The van der Waals surface area contributed by atoms with E-state index in [1.54, 1.807) is 0 Å². The van der Waals surface area contributed by atoms with E-state index in [1.807, 2.05) is 24.3 Å². The van der Waals surface area contributed by atoms with Crippen molar-refractivity contribution in [3.63, 3.8) is 0 Å². The highest BCUT2D eigenvalue weighted by atomic mass is 79.9. The molecular weight excluding hydrogens is 308 g/mol. The van der Waals surface area contributed by atoms with Crippen molar-refractivity contribution in [2.24, 2.45) is 0 Å². The van der Waals surface area contributed by atoms with E-state index in [4.69, 9.17) is 12.2 Å². The predicted molar refractivity (Wildman–Crippen MR) is 85.0 cm³/mol. The van der Waals surface area contributed by atoms with Crippen LogP contribution in [0.3, 0.4) is 0 Å². The van der Waals surface area contributed by atoms with Crippen molar-refractivity contribution < 1.29 is 0 Å². The topological polar surface area (TPSA) is 15.3 Å². The molecule has 0 aromatic heterocycles. The molecule has 1 heterocycles. The van der Waals surface area contributed by atoms with Crippen molar-refractivity contribution in [1.29, 1.82) is 0 Å². The predicted octanol–water partition coefficient (Wildman–Crippen LogP) is 4.41. The van der Waals surface area contributed by atoms with Gasteiger partial charge < -0.3 is 10.2 Å². The van der Waals surface area contributed by atoms with Crippen LogP contribution in [0.5, 0.6) is 0 Å². The van der Waals surface area contributed by atoms with Crippen LogP contribution in [0.15, 0.2) is 28.7 Å². The van der Waals surface area contributed by atoms with Crippen LogP contribution in [0.25, 0.3) is 0 Å². The molecule has 0 amide bonds. The molecular formula is C14H19BrN2S. The van der Waals surface area contributed by atoms with Gasteiger partial charge in [0.15, 0.2) is 5.11 Å². The molecule has 1 N–H and O–H groups in total. The molecule has 1 aliphatic heterocycles. The molecule has 2 rings (SSSR count). The summed E-state index contributed by atoms with van der Waals surface area (Å²) in [7, 11) is 0. The molecule has 1 fully saturated rings. The molecule has 1 unspecified atom stereocenters. The summed E-state index contributed by atoms with van der Waals surface area (Å²) in [6, 6.07) is 8.67. The molecule has 1 aromatic rings. The lowest BCUT2D eigenvalue weighted by molar-refractivity contribution is 0.341. The molecule has 4 heteroatoms. The Balaban J connectivity index is 1.99. The number of hydrogen-bond donors (Lipinski definition) is 1. The number of rotatable bonds is 1. The van der Waals surface area contributed by atoms with Gasteiger partial charge in [-0.1, -0.05) is 28.8 Å². The monoisotopic (exact) mass is 326 g/mol. The summed E-state index contributed by atoms with van der Waals surface area (Å²) in [5.74, 6) is 0. The van der Waals surface area contributed by atoms with Gasteiger partial charge in [-0.3, -0.25) is 0 Å². The molecule has 0 spiro atoms. The fourth-order valence-corrected chi connectivity index (χ4v) is 2.96. The van der Waals surface area contributed by atoms with Crippen LogP contribution in [0.4, 0.5) is 5.69 Å². The molecule has 0 bridgehead atoms. The molecule has 0 radical (unpaired) electrons. The van der Waals surface area contributed by atoms with Crippen LogP contribution < -0.4 is 5.32 Å². The third kappa shape index (κ3) is 3.69. The third-order valence-electron chi connectivity index (χ3n) is 3.41. The normalized spacial score (nSPS) is 20.3. The molecule has 18 heavy (non-hydrogen) atoms. The number of likely N-dealkylation sites (tertiary alicyclic amines) is 1. The maximum absolute atomic E-state index is 5.53. The van der Waals surface area contributed by atoms with Crippen LogP contribution in [0.1, 0.15) is 32.6 Å². The molecule has 0 saturated carbocycles. The average molecular weight is 327 g/mol. The van der Waals surface area contributed by atoms with Gasteiger partial charge in [-0.2, -0.15) is 0 Å². The standard InChI is InChI=1S/C14H19BrN2S/c1-11-5-3-2-4-10-17(11)14(18)16-13-8-6-12(15)7-9-13/h6-9,11H,2-5,10H2,1H3,(H,16,18). The lowest BCUT2D eigenvalue weighted by Gasteiger charge is -2.30. The number of halogens is 1. The Morgan fingerprint density at radius 1 is 1.28 bits per heavy atom. The van der Waals surface area contributed by atoms with Crippen LogP contribution in [0.2, 0.25) is 0 Å². The van der Waals surface area contributed by atoms with Gasteiger partial charge in [0.05, 0.1) is 0 Å². The van der Waals surface area contributed by atoms with Gasteiger partial charge in [0.2, 0.25) is 0 Å². The van der Waals surface area contributed by atoms with Crippen LogP contribution >= 0.6 is 28.1 Å². The molecule has 2 nitrogen and oxygen atoms in total. The first-order valence-corrected chi connectivity index (χ1v) is 7.70. The van der Waals surface area contributed by atoms with Gasteiger partial charge in [0.1, 0.15) is 0 Å². The number of thiocarbonyl (C=S) groups is 1. The van der Waals surface area contributed by atoms with Crippen LogP contribution in [-0.4, -0.2) is 22.6 Å². The first-order chi connectivity index (χ1) is 8.66. The summed E-state index contributed by atoms with van der Waals surface area (Å²) in [5, 5.41) is 4.19. The van der Waals surface area contributed by atoms with Crippen LogP contribution in [-0.2, 0) is 0 Å². The Labute approximate surface area is 123 Å². The summed E-state index contributed by atoms with van der Waals surface area (Å²) in [5.41, 5.74) is 1.06. The number of nitrogens with one attached hydrogen (secondary N) is 1. The highest BCUT2D eigenvalue weighted by Gasteiger charge is 2.19. The smallest absolute Gasteiger partial charge is 0.173 e. The van der Waals surface area contributed by atoms with E-state index in [0.29, 0.717) is 6.04 Å². The Morgan fingerprint density at radius 2 is 2.00 bits per heavy atom. The average Bonchev–Trinajstić information content (AvgIpc) is 2.57. The second kappa shape index (κ2) is 6.53. The maximum Gasteiger partial charge on any atom is 0.173 e.